The Kier molecular flexibility index (Phi) is 3.78. The molecule has 2 nitrogen and oxygen atoms in total. The van der Waals surface area contributed by atoms with Gasteiger partial charge in [-0.15, -0.1) is 0 Å². The van der Waals surface area contributed by atoms with E-state index in [4.69, 9.17) is 9.84 Å². The summed E-state index contributed by atoms with van der Waals surface area (Å²) in [6.45, 7) is 2.62. The first-order valence-electron chi connectivity index (χ1n) is 5.66. The first-order chi connectivity index (χ1) is 8.29. The molecule has 0 spiro atoms. The third-order valence-corrected chi connectivity index (χ3v) is 2.66. The molecule has 0 saturated carbocycles. The van der Waals surface area contributed by atoms with Gasteiger partial charge in [0.05, 0.1) is 6.61 Å². The number of aryl methyl sites for hydroxylation is 1. The largest absolute Gasteiger partial charge is 0.489 e. The van der Waals surface area contributed by atoms with Crippen molar-refractivity contribution in [3.05, 3.63) is 65.2 Å². The zero-order valence-corrected chi connectivity index (χ0v) is 9.89. The summed E-state index contributed by atoms with van der Waals surface area (Å²) in [6, 6.07) is 15.8. The van der Waals surface area contributed by atoms with E-state index in [1.807, 2.05) is 55.5 Å². The van der Waals surface area contributed by atoms with Crippen LogP contribution in [-0.4, -0.2) is 5.11 Å². The Morgan fingerprint density at radius 1 is 1.00 bits per heavy atom. The molecule has 1 N–H and O–H groups in total. The van der Waals surface area contributed by atoms with Gasteiger partial charge < -0.3 is 9.84 Å². The monoisotopic (exact) mass is 228 g/mol. The van der Waals surface area contributed by atoms with E-state index >= 15 is 0 Å². The molecule has 0 atom stereocenters. The second-order valence-electron chi connectivity index (χ2n) is 4.03. The number of aliphatic hydroxyl groups is 1. The molecule has 2 aromatic rings. The predicted octanol–water partition coefficient (Wildman–Crippen LogP) is 3.07. The SMILES string of the molecule is Cc1cc(CO)ccc1OCc1ccccc1. The van der Waals surface area contributed by atoms with Crippen LogP contribution in [0.4, 0.5) is 0 Å². The van der Waals surface area contributed by atoms with Crippen LogP contribution >= 0.6 is 0 Å². The molecule has 0 saturated heterocycles. The first-order valence-corrected chi connectivity index (χ1v) is 5.66. The van der Waals surface area contributed by atoms with Crippen LogP contribution in [0.5, 0.6) is 5.75 Å². The average Bonchev–Trinajstić information content (AvgIpc) is 2.38. The molecule has 0 unspecified atom stereocenters. The summed E-state index contributed by atoms with van der Waals surface area (Å²) in [4.78, 5) is 0. The second-order valence-corrected chi connectivity index (χ2v) is 4.03. The van der Waals surface area contributed by atoms with Gasteiger partial charge in [-0.25, -0.2) is 0 Å². The third kappa shape index (κ3) is 3.08. The summed E-state index contributed by atoms with van der Waals surface area (Å²) in [7, 11) is 0. The number of hydrogen-bond donors (Lipinski definition) is 1. The van der Waals surface area contributed by atoms with Crippen molar-refractivity contribution in [2.24, 2.45) is 0 Å². The van der Waals surface area contributed by atoms with Crippen molar-refractivity contribution in [2.75, 3.05) is 0 Å². The Morgan fingerprint density at radius 2 is 1.76 bits per heavy atom. The summed E-state index contributed by atoms with van der Waals surface area (Å²) in [6.07, 6.45) is 0. The van der Waals surface area contributed by atoms with Crippen LogP contribution < -0.4 is 4.74 Å². The average molecular weight is 228 g/mol. The number of rotatable bonds is 4. The van der Waals surface area contributed by atoms with E-state index in [-0.39, 0.29) is 6.61 Å². The molecule has 2 rings (SSSR count). The highest BCUT2D eigenvalue weighted by molar-refractivity contribution is 5.36. The molecule has 17 heavy (non-hydrogen) atoms. The lowest BCUT2D eigenvalue weighted by molar-refractivity contribution is 0.280. The zero-order chi connectivity index (χ0) is 12.1. The highest BCUT2D eigenvalue weighted by Gasteiger charge is 2.01. The minimum atomic E-state index is 0.0693. The van der Waals surface area contributed by atoms with Gasteiger partial charge in [0.1, 0.15) is 12.4 Å². The lowest BCUT2D eigenvalue weighted by atomic mass is 10.1. The van der Waals surface area contributed by atoms with Crippen molar-refractivity contribution in [2.45, 2.75) is 20.1 Å². The summed E-state index contributed by atoms with van der Waals surface area (Å²) in [5.41, 5.74) is 3.11. The van der Waals surface area contributed by atoms with E-state index in [0.29, 0.717) is 6.61 Å². The number of aliphatic hydroxyl groups excluding tert-OH is 1. The number of hydrogen-bond acceptors (Lipinski definition) is 2. The molecular formula is C15H16O2. The van der Waals surface area contributed by atoms with E-state index in [0.717, 1.165) is 22.4 Å². The van der Waals surface area contributed by atoms with Gasteiger partial charge in [-0.3, -0.25) is 0 Å². The van der Waals surface area contributed by atoms with Gasteiger partial charge in [-0.05, 0) is 29.7 Å². The van der Waals surface area contributed by atoms with E-state index in [9.17, 15) is 0 Å². The maximum absolute atomic E-state index is 9.02. The molecule has 0 aliphatic heterocycles. The fourth-order valence-electron chi connectivity index (χ4n) is 1.71. The minimum Gasteiger partial charge on any atom is -0.489 e. The Morgan fingerprint density at radius 3 is 2.41 bits per heavy atom. The third-order valence-electron chi connectivity index (χ3n) is 2.66. The van der Waals surface area contributed by atoms with Gasteiger partial charge in [-0.2, -0.15) is 0 Å². The minimum absolute atomic E-state index is 0.0693. The molecule has 0 fully saturated rings. The quantitative estimate of drug-likeness (QED) is 0.871. The van der Waals surface area contributed by atoms with Gasteiger partial charge >= 0.3 is 0 Å². The molecular weight excluding hydrogens is 212 g/mol. The van der Waals surface area contributed by atoms with Crippen LogP contribution in [0.25, 0.3) is 0 Å². The predicted molar refractivity (Wildman–Crippen MR) is 67.9 cm³/mol. The molecule has 2 aromatic carbocycles. The number of ether oxygens (including phenoxy) is 1. The van der Waals surface area contributed by atoms with E-state index in [1.54, 1.807) is 0 Å². The zero-order valence-electron chi connectivity index (χ0n) is 9.89. The van der Waals surface area contributed by atoms with E-state index in [2.05, 4.69) is 0 Å². The van der Waals surface area contributed by atoms with Crippen LogP contribution in [0.3, 0.4) is 0 Å². The lowest BCUT2D eigenvalue weighted by Gasteiger charge is -2.10. The Hall–Kier alpha value is -1.80. The van der Waals surface area contributed by atoms with E-state index < -0.39 is 0 Å². The molecule has 0 heterocycles. The second kappa shape index (κ2) is 5.51. The normalized spacial score (nSPS) is 10.2. The molecule has 0 aliphatic rings. The molecule has 0 aromatic heterocycles. The van der Waals surface area contributed by atoms with Gasteiger partial charge in [0.2, 0.25) is 0 Å². The van der Waals surface area contributed by atoms with Gasteiger partial charge in [0.25, 0.3) is 0 Å². The molecule has 0 amide bonds. The Labute approximate surface area is 101 Å². The molecule has 0 aliphatic carbocycles. The van der Waals surface area contributed by atoms with Crippen molar-refractivity contribution in [1.82, 2.24) is 0 Å². The smallest absolute Gasteiger partial charge is 0.122 e. The van der Waals surface area contributed by atoms with Gasteiger partial charge in [0.15, 0.2) is 0 Å². The summed E-state index contributed by atoms with van der Waals surface area (Å²) in [5.74, 6) is 0.867. The maximum Gasteiger partial charge on any atom is 0.122 e. The van der Waals surface area contributed by atoms with Gasteiger partial charge in [0, 0.05) is 0 Å². The van der Waals surface area contributed by atoms with E-state index in [1.165, 1.54) is 0 Å². The molecule has 0 radical (unpaired) electrons. The maximum atomic E-state index is 9.02. The van der Waals surface area contributed by atoms with Crippen LogP contribution in [-0.2, 0) is 13.2 Å². The molecule has 2 heteroatoms. The molecule has 0 bridgehead atoms. The van der Waals surface area contributed by atoms with Crippen LogP contribution in [0.15, 0.2) is 48.5 Å². The lowest BCUT2D eigenvalue weighted by Crippen LogP contribution is -1.97. The van der Waals surface area contributed by atoms with Crippen molar-refractivity contribution >= 4 is 0 Å². The Bertz CT molecular complexity index is 478. The molecule has 88 valence electrons. The first kappa shape index (κ1) is 11.7. The van der Waals surface area contributed by atoms with Crippen LogP contribution in [0.2, 0.25) is 0 Å². The topological polar surface area (TPSA) is 29.5 Å². The summed E-state index contributed by atoms with van der Waals surface area (Å²) < 4.78 is 5.74. The fraction of sp³-hybridized carbons (Fsp3) is 0.200. The number of benzene rings is 2. The Balaban J connectivity index is 2.04. The van der Waals surface area contributed by atoms with Crippen molar-refractivity contribution in [3.63, 3.8) is 0 Å². The summed E-state index contributed by atoms with van der Waals surface area (Å²) in [5, 5.41) is 9.02. The highest BCUT2D eigenvalue weighted by atomic mass is 16.5. The van der Waals surface area contributed by atoms with Crippen molar-refractivity contribution in [3.8, 4) is 5.75 Å². The van der Waals surface area contributed by atoms with Crippen molar-refractivity contribution in [1.29, 1.82) is 0 Å². The van der Waals surface area contributed by atoms with Crippen LogP contribution in [0, 0.1) is 6.92 Å². The van der Waals surface area contributed by atoms with Crippen molar-refractivity contribution < 1.29 is 9.84 Å². The van der Waals surface area contributed by atoms with Gasteiger partial charge in [-0.1, -0.05) is 42.5 Å². The standard InChI is InChI=1S/C15H16O2/c1-12-9-14(10-16)7-8-15(12)17-11-13-5-3-2-4-6-13/h2-9,16H,10-11H2,1H3. The highest BCUT2D eigenvalue weighted by Crippen LogP contribution is 2.20. The fourth-order valence-corrected chi connectivity index (χ4v) is 1.71. The summed E-state index contributed by atoms with van der Waals surface area (Å²) >= 11 is 0. The van der Waals surface area contributed by atoms with Crippen LogP contribution in [0.1, 0.15) is 16.7 Å².